The standard InChI is InChI=1S/C26H20F2N8OS/c1-38-23-14-22(35-36(23)17-7-4-15(27)5-8-17)25(37)32-16-6-9-19(28)21(13-16)34-26-31-12-10-20(33-26)18-3-2-11-30-24(18)29/h2-14H,1H3,(H2,29,30)(H,32,37)(H,31,33,34). The van der Waals surface area contributed by atoms with Gasteiger partial charge in [-0.25, -0.2) is 28.4 Å². The first-order chi connectivity index (χ1) is 18.4. The Balaban J connectivity index is 1.36. The number of nitrogens with one attached hydrogen (secondary N) is 2. The molecule has 0 spiro atoms. The molecule has 0 radical (unpaired) electrons. The van der Waals surface area contributed by atoms with Crippen molar-refractivity contribution in [2.45, 2.75) is 5.03 Å². The average Bonchev–Trinajstić information content (AvgIpc) is 3.36. The molecule has 0 aliphatic rings. The molecule has 3 aromatic heterocycles. The van der Waals surface area contributed by atoms with E-state index in [9.17, 15) is 13.6 Å². The number of hydrogen-bond donors (Lipinski definition) is 3. The molecule has 190 valence electrons. The lowest BCUT2D eigenvalue weighted by Crippen LogP contribution is -2.13. The number of nitrogens with zero attached hydrogens (tertiary/aromatic N) is 5. The van der Waals surface area contributed by atoms with Crippen LogP contribution in [0.4, 0.5) is 31.9 Å². The zero-order valence-electron chi connectivity index (χ0n) is 19.9. The van der Waals surface area contributed by atoms with Gasteiger partial charge in [-0.1, -0.05) is 0 Å². The van der Waals surface area contributed by atoms with E-state index in [0.29, 0.717) is 33.5 Å². The Morgan fingerprint density at radius 3 is 2.58 bits per heavy atom. The summed E-state index contributed by atoms with van der Waals surface area (Å²) in [4.78, 5) is 25.6. The van der Waals surface area contributed by atoms with Gasteiger partial charge in [0.1, 0.15) is 22.5 Å². The molecule has 4 N–H and O–H groups in total. The highest BCUT2D eigenvalue weighted by Gasteiger charge is 2.17. The molecule has 0 saturated carbocycles. The number of amides is 1. The lowest BCUT2D eigenvalue weighted by Gasteiger charge is -2.10. The molecule has 1 amide bonds. The number of rotatable bonds is 7. The van der Waals surface area contributed by atoms with Gasteiger partial charge in [-0.15, -0.1) is 11.8 Å². The van der Waals surface area contributed by atoms with E-state index in [-0.39, 0.29) is 23.1 Å². The number of hydrogen-bond acceptors (Lipinski definition) is 8. The maximum atomic E-state index is 14.6. The maximum Gasteiger partial charge on any atom is 0.276 e. The van der Waals surface area contributed by atoms with Crippen molar-refractivity contribution in [3.63, 3.8) is 0 Å². The van der Waals surface area contributed by atoms with Crippen LogP contribution in [-0.2, 0) is 0 Å². The minimum Gasteiger partial charge on any atom is -0.383 e. The molecule has 5 rings (SSSR count). The van der Waals surface area contributed by atoms with E-state index in [1.165, 1.54) is 48.3 Å². The molecule has 2 aromatic carbocycles. The van der Waals surface area contributed by atoms with Crippen molar-refractivity contribution in [2.75, 3.05) is 22.6 Å². The number of carbonyl (C=O) groups excluding carboxylic acids is 1. The van der Waals surface area contributed by atoms with Crippen LogP contribution in [0.1, 0.15) is 10.5 Å². The topological polar surface area (TPSA) is 124 Å². The van der Waals surface area contributed by atoms with Gasteiger partial charge in [0.25, 0.3) is 5.91 Å². The fraction of sp³-hybridized carbons (Fsp3) is 0.0385. The molecule has 9 nitrogen and oxygen atoms in total. The highest BCUT2D eigenvalue weighted by Crippen LogP contribution is 2.26. The van der Waals surface area contributed by atoms with Crippen molar-refractivity contribution >= 4 is 40.8 Å². The summed E-state index contributed by atoms with van der Waals surface area (Å²) >= 11 is 1.39. The molecule has 0 saturated heterocycles. The molecule has 38 heavy (non-hydrogen) atoms. The summed E-state index contributed by atoms with van der Waals surface area (Å²) in [5.41, 5.74) is 8.20. The van der Waals surface area contributed by atoms with E-state index < -0.39 is 11.7 Å². The van der Waals surface area contributed by atoms with Crippen molar-refractivity contribution in [1.82, 2.24) is 24.7 Å². The van der Waals surface area contributed by atoms with Crippen molar-refractivity contribution < 1.29 is 13.6 Å². The van der Waals surface area contributed by atoms with Crippen LogP contribution >= 0.6 is 11.8 Å². The van der Waals surface area contributed by atoms with Gasteiger partial charge >= 0.3 is 0 Å². The Bertz CT molecular complexity index is 1620. The van der Waals surface area contributed by atoms with Gasteiger partial charge in [0.2, 0.25) is 5.95 Å². The maximum absolute atomic E-state index is 14.6. The molecule has 0 aliphatic heterocycles. The molecule has 5 aromatic rings. The third-order valence-corrected chi connectivity index (χ3v) is 6.14. The van der Waals surface area contributed by atoms with E-state index in [1.807, 2.05) is 6.26 Å². The van der Waals surface area contributed by atoms with Crippen LogP contribution in [0.5, 0.6) is 0 Å². The van der Waals surface area contributed by atoms with Crippen LogP contribution < -0.4 is 16.4 Å². The third kappa shape index (κ3) is 5.30. The smallest absolute Gasteiger partial charge is 0.276 e. The van der Waals surface area contributed by atoms with Gasteiger partial charge in [-0.2, -0.15) is 5.10 Å². The number of aromatic nitrogens is 5. The molecular formula is C26H20F2N8OS. The Morgan fingerprint density at radius 2 is 1.82 bits per heavy atom. The largest absolute Gasteiger partial charge is 0.383 e. The number of thioether (sulfide) groups is 1. The van der Waals surface area contributed by atoms with Crippen LogP contribution in [-0.4, -0.2) is 36.9 Å². The molecule has 0 atom stereocenters. The second kappa shape index (κ2) is 10.6. The Hall–Kier alpha value is -4.84. The number of nitrogens with two attached hydrogens (primary N) is 1. The minimum absolute atomic E-state index is 0.0563. The molecule has 0 bridgehead atoms. The second-order valence-electron chi connectivity index (χ2n) is 7.94. The van der Waals surface area contributed by atoms with Gasteiger partial charge in [-0.3, -0.25) is 4.79 Å². The van der Waals surface area contributed by atoms with Crippen molar-refractivity contribution in [3.8, 4) is 16.9 Å². The zero-order valence-corrected chi connectivity index (χ0v) is 20.7. The van der Waals surface area contributed by atoms with E-state index in [4.69, 9.17) is 5.73 Å². The summed E-state index contributed by atoms with van der Waals surface area (Å²) in [6.45, 7) is 0. The number of anilines is 4. The van der Waals surface area contributed by atoms with Gasteiger partial charge in [-0.05, 0) is 66.9 Å². The van der Waals surface area contributed by atoms with Crippen LogP contribution in [0.25, 0.3) is 16.9 Å². The number of pyridine rings is 1. The highest BCUT2D eigenvalue weighted by molar-refractivity contribution is 7.98. The number of carbonyl (C=O) groups is 1. The monoisotopic (exact) mass is 530 g/mol. The lowest BCUT2D eigenvalue weighted by atomic mass is 10.2. The molecular weight excluding hydrogens is 510 g/mol. The van der Waals surface area contributed by atoms with Crippen molar-refractivity contribution in [2.24, 2.45) is 0 Å². The Labute approximate surface area is 220 Å². The van der Waals surface area contributed by atoms with Gasteiger partial charge < -0.3 is 16.4 Å². The zero-order chi connectivity index (χ0) is 26.6. The highest BCUT2D eigenvalue weighted by atomic mass is 32.2. The molecule has 12 heteroatoms. The third-order valence-electron chi connectivity index (χ3n) is 5.43. The van der Waals surface area contributed by atoms with Crippen molar-refractivity contribution in [3.05, 3.63) is 96.5 Å². The molecule has 3 heterocycles. The summed E-state index contributed by atoms with van der Waals surface area (Å²) in [5, 5.41) is 10.6. The van der Waals surface area contributed by atoms with Crippen molar-refractivity contribution in [1.29, 1.82) is 0 Å². The number of halogens is 2. The first-order valence-electron chi connectivity index (χ1n) is 11.2. The van der Waals surface area contributed by atoms with E-state index >= 15 is 0 Å². The summed E-state index contributed by atoms with van der Waals surface area (Å²) < 4.78 is 29.5. The average molecular weight is 531 g/mol. The Morgan fingerprint density at radius 1 is 1.00 bits per heavy atom. The molecule has 0 aliphatic carbocycles. The van der Waals surface area contributed by atoms with E-state index in [1.54, 1.807) is 47.3 Å². The first-order valence-corrected chi connectivity index (χ1v) is 12.5. The minimum atomic E-state index is -0.567. The van der Waals surface area contributed by atoms with Gasteiger partial charge in [0.15, 0.2) is 5.69 Å². The SMILES string of the molecule is CSc1cc(C(=O)Nc2ccc(F)c(Nc3nccc(-c4cccnc4N)n3)c2)nn1-c1ccc(F)cc1. The first kappa shape index (κ1) is 24.8. The molecule has 0 unspecified atom stereocenters. The van der Waals surface area contributed by atoms with Crippen LogP contribution in [0.3, 0.4) is 0 Å². The summed E-state index contributed by atoms with van der Waals surface area (Å²) in [6, 6.07) is 16.6. The predicted molar refractivity (Wildman–Crippen MR) is 143 cm³/mol. The van der Waals surface area contributed by atoms with Crippen LogP contribution in [0, 0.1) is 11.6 Å². The number of benzene rings is 2. The summed E-state index contributed by atoms with van der Waals surface area (Å²) in [7, 11) is 0. The predicted octanol–water partition coefficient (Wildman–Crippen LogP) is 5.30. The molecule has 0 fully saturated rings. The summed E-state index contributed by atoms with van der Waals surface area (Å²) in [5.74, 6) is -0.994. The normalized spacial score (nSPS) is 10.8. The Kier molecular flexibility index (Phi) is 6.96. The fourth-order valence-corrected chi connectivity index (χ4v) is 4.15. The van der Waals surface area contributed by atoms with E-state index in [0.717, 1.165) is 0 Å². The summed E-state index contributed by atoms with van der Waals surface area (Å²) in [6.07, 6.45) is 4.93. The quantitative estimate of drug-likeness (QED) is 0.242. The van der Waals surface area contributed by atoms with Gasteiger partial charge in [0, 0.05) is 29.7 Å². The fourth-order valence-electron chi connectivity index (χ4n) is 3.61. The number of nitrogen functional groups attached to an aromatic ring is 1. The van der Waals surface area contributed by atoms with Gasteiger partial charge in [0.05, 0.1) is 17.1 Å². The van der Waals surface area contributed by atoms with E-state index in [2.05, 4.69) is 30.7 Å². The lowest BCUT2D eigenvalue weighted by molar-refractivity contribution is 0.102. The van der Waals surface area contributed by atoms with Crippen LogP contribution in [0.15, 0.2) is 84.1 Å². The van der Waals surface area contributed by atoms with Crippen LogP contribution in [0.2, 0.25) is 0 Å². The second-order valence-corrected chi connectivity index (χ2v) is 8.76.